The smallest absolute Gasteiger partial charge is 0.255 e. The van der Waals surface area contributed by atoms with E-state index in [-0.39, 0.29) is 5.91 Å². The van der Waals surface area contributed by atoms with Crippen molar-refractivity contribution in [2.75, 3.05) is 19.4 Å². The van der Waals surface area contributed by atoms with E-state index >= 15 is 0 Å². The van der Waals surface area contributed by atoms with Gasteiger partial charge in [-0.25, -0.2) is 0 Å². The molecule has 0 saturated heterocycles. The van der Waals surface area contributed by atoms with Gasteiger partial charge in [-0.1, -0.05) is 19.9 Å². The maximum Gasteiger partial charge on any atom is 0.255 e. The Morgan fingerprint density at radius 2 is 1.90 bits per heavy atom. The molecule has 0 unspecified atom stereocenters. The van der Waals surface area contributed by atoms with Gasteiger partial charge in [-0.3, -0.25) is 4.79 Å². The average molecular weight is 288 g/mol. The highest BCUT2D eigenvalue weighted by molar-refractivity contribution is 5.99. The lowest BCUT2D eigenvalue weighted by Gasteiger charge is -2.38. The molecule has 0 spiro atoms. The van der Waals surface area contributed by atoms with Gasteiger partial charge in [0.2, 0.25) is 0 Å². The fourth-order valence-electron chi connectivity index (χ4n) is 3.18. The maximum atomic E-state index is 12.8. The third-order valence-electron chi connectivity index (χ3n) is 4.85. The van der Waals surface area contributed by atoms with Crippen molar-refractivity contribution in [3.8, 4) is 0 Å². The minimum atomic E-state index is 0.129. The molecule has 0 aromatic heterocycles. The highest BCUT2D eigenvalue weighted by Gasteiger charge is 2.31. The fourth-order valence-corrected chi connectivity index (χ4v) is 3.18. The summed E-state index contributed by atoms with van der Waals surface area (Å²) in [6, 6.07) is 6.35. The predicted molar refractivity (Wildman–Crippen MR) is 88.9 cm³/mol. The molecule has 2 rings (SSSR count). The van der Waals surface area contributed by atoms with E-state index in [1.807, 2.05) is 44.1 Å². The number of nitrogens with zero attached hydrogens (tertiary/aromatic N) is 1. The van der Waals surface area contributed by atoms with Crippen LogP contribution in [0.3, 0.4) is 0 Å². The molecular formula is C18H28N2O. The third kappa shape index (κ3) is 3.58. The van der Waals surface area contributed by atoms with Crippen LogP contribution in [-0.4, -0.2) is 30.9 Å². The second-order valence-electron chi connectivity index (χ2n) is 7.11. The van der Waals surface area contributed by atoms with E-state index in [4.69, 9.17) is 0 Å². The molecule has 116 valence electrons. The summed E-state index contributed by atoms with van der Waals surface area (Å²) in [6.07, 6.45) is 4.61. The topological polar surface area (TPSA) is 32.3 Å². The molecule has 3 nitrogen and oxygen atoms in total. The van der Waals surface area contributed by atoms with Crippen LogP contribution >= 0.6 is 0 Å². The van der Waals surface area contributed by atoms with Crippen molar-refractivity contribution in [3.05, 3.63) is 29.3 Å². The van der Waals surface area contributed by atoms with E-state index in [2.05, 4.69) is 19.2 Å². The van der Waals surface area contributed by atoms with E-state index < -0.39 is 0 Å². The Hall–Kier alpha value is -1.51. The van der Waals surface area contributed by atoms with Gasteiger partial charge >= 0.3 is 0 Å². The number of hydrogen-bond acceptors (Lipinski definition) is 2. The van der Waals surface area contributed by atoms with E-state index in [0.29, 0.717) is 11.5 Å². The predicted octanol–water partition coefficient (Wildman–Crippen LogP) is 4.08. The van der Waals surface area contributed by atoms with E-state index in [1.54, 1.807) is 0 Å². The monoisotopic (exact) mass is 288 g/mol. The molecule has 1 aliphatic rings. The summed E-state index contributed by atoms with van der Waals surface area (Å²) in [6.45, 7) is 6.69. The van der Waals surface area contributed by atoms with Crippen LogP contribution in [0.2, 0.25) is 0 Å². The van der Waals surface area contributed by atoms with Crippen LogP contribution in [0.15, 0.2) is 18.2 Å². The minimum absolute atomic E-state index is 0.129. The molecule has 1 N–H and O–H groups in total. The van der Waals surface area contributed by atoms with Gasteiger partial charge in [0.25, 0.3) is 5.91 Å². The quantitative estimate of drug-likeness (QED) is 0.909. The molecule has 1 aliphatic carbocycles. The number of amides is 1. The molecule has 0 atom stereocenters. The number of benzene rings is 1. The van der Waals surface area contributed by atoms with Gasteiger partial charge in [0.15, 0.2) is 0 Å². The van der Waals surface area contributed by atoms with Crippen LogP contribution in [0, 0.1) is 12.3 Å². The molecule has 1 fully saturated rings. The highest BCUT2D eigenvalue weighted by Crippen LogP contribution is 2.37. The first-order chi connectivity index (χ1) is 9.84. The van der Waals surface area contributed by atoms with Crippen LogP contribution in [0.5, 0.6) is 0 Å². The molecule has 1 amide bonds. The summed E-state index contributed by atoms with van der Waals surface area (Å²) < 4.78 is 0. The highest BCUT2D eigenvalue weighted by atomic mass is 16.2. The third-order valence-corrected chi connectivity index (χ3v) is 4.85. The van der Waals surface area contributed by atoms with Crippen LogP contribution < -0.4 is 5.32 Å². The van der Waals surface area contributed by atoms with Gasteiger partial charge in [0, 0.05) is 25.8 Å². The Bertz CT molecular complexity index is 512. The number of aryl methyl sites for hydroxylation is 1. The number of hydrogen-bond donors (Lipinski definition) is 1. The van der Waals surface area contributed by atoms with E-state index in [1.165, 1.54) is 12.8 Å². The van der Waals surface area contributed by atoms with Crippen LogP contribution in [-0.2, 0) is 0 Å². The van der Waals surface area contributed by atoms with E-state index in [9.17, 15) is 4.79 Å². The van der Waals surface area contributed by atoms with Gasteiger partial charge in [-0.15, -0.1) is 0 Å². The van der Waals surface area contributed by atoms with Crippen LogP contribution in [0.25, 0.3) is 0 Å². The average Bonchev–Trinajstić information content (AvgIpc) is 2.45. The lowest BCUT2D eigenvalue weighted by Crippen LogP contribution is -2.41. The molecule has 0 aliphatic heterocycles. The minimum Gasteiger partial charge on any atom is -0.387 e. The van der Waals surface area contributed by atoms with Gasteiger partial charge in [0.05, 0.1) is 5.56 Å². The van der Waals surface area contributed by atoms with Gasteiger partial charge < -0.3 is 10.2 Å². The number of rotatable bonds is 3. The lowest BCUT2D eigenvalue weighted by molar-refractivity contribution is 0.0636. The molecule has 21 heavy (non-hydrogen) atoms. The van der Waals surface area contributed by atoms with Gasteiger partial charge in [-0.2, -0.15) is 0 Å². The summed E-state index contributed by atoms with van der Waals surface area (Å²) in [5.74, 6) is 0.129. The number of carbonyl (C=O) groups is 1. The van der Waals surface area contributed by atoms with Crippen molar-refractivity contribution in [1.29, 1.82) is 0 Å². The summed E-state index contributed by atoms with van der Waals surface area (Å²) in [4.78, 5) is 14.7. The molecular weight excluding hydrogens is 260 g/mol. The molecule has 0 bridgehead atoms. The zero-order chi connectivity index (χ0) is 15.6. The SMILES string of the molecule is CNc1cc(C)ccc1C(=O)N(C)C1CCC(C)(C)CC1. The number of anilines is 1. The van der Waals surface area contributed by atoms with E-state index in [0.717, 1.165) is 29.7 Å². The van der Waals surface area contributed by atoms with Crippen molar-refractivity contribution in [2.24, 2.45) is 5.41 Å². The summed E-state index contributed by atoms with van der Waals surface area (Å²) in [7, 11) is 3.82. The molecule has 0 radical (unpaired) electrons. The molecule has 0 heterocycles. The van der Waals surface area contributed by atoms with Crippen molar-refractivity contribution in [3.63, 3.8) is 0 Å². The summed E-state index contributed by atoms with van der Waals surface area (Å²) >= 11 is 0. The zero-order valence-electron chi connectivity index (χ0n) is 14.0. The second kappa shape index (κ2) is 6.08. The standard InChI is InChI=1S/C18H28N2O/c1-13-6-7-15(16(12-13)19-4)17(21)20(5)14-8-10-18(2,3)11-9-14/h6-7,12,14,19H,8-11H2,1-5H3. The van der Waals surface area contributed by atoms with Crippen molar-refractivity contribution < 1.29 is 4.79 Å². The first kappa shape index (κ1) is 15.9. The molecule has 3 heteroatoms. The fraction of sp³-hybridized carbons (Fsp3) is 0.611. The van der Waals surface area contributed by atoms with Gasteiger partial charge in [-0.05, 0) is 55.7 Å². The second-order valence-corrected chi connectivity index (χ2v) is 7.11. The van der Waals surface area contributed by atoms with Crippen molar-refractivity contribution in [2.45, 2.75) is 52.5 Å². The largest absolute Gasteiger partial charge is 0.387 e. The van der Waals surface area contributed by atoms with Crippen LogP contribution in [0.4, 0.5) is 5.69 Å². The van der Waals surface area contributed by atoms with Crippen molar-refractivity contribution in [1.82, 2.24) is 4.90 Å². The van der Waals surface area contributed by atoms with Crippen LogP contribution in [0.1, 0.15) is 55.5 Å². The Labute approximate surface area is 128 Å². The Morgan fingerprint density at radius 3 is 2.48 bits per heavy atom. The molecule has 1 saturated carbocycles. The Kier molecular flexibility index (Phi) is 4.60. The molecule has 1 aromatic carbocycles. The summed E-state index contributed by atoms with van der Waals surface area (Å²) in [5.41, 5.74) is 3.29. The molecule has 1 aromatic rings. The summed E-state index contributed by atoms with van der Waals surface area (Å²) in [5, 5.41) is 3.14. The Balaban J connectivity index is 2.13. The van der Waals surface area contributed by atoms with Crippen molar-refractivity contribution >= 4 is 11.6 Å². The number of carbonyl (C=O) groups excluding carboxylic acids is 1. The first-order valence-electron chi connectivity index (χ1n) is 7.89. The maximum absolute atomic E-state index is 12.8. The van der Waals surface area contributed by atoms with Gasteiger partial charge in [0.1, 0.15) is 0 Å². The normalized spacial score (nSPS) is 18.3. The lowest BCUT2D eigenvalue weighted by atomic mass is 9.75. The first-order valence-corrected chi connectivity index (χ1v) is 7.89. The number of nitrogens with one attached hydrogen (secondary N) is 1. The Morgan fingerprint density at radius 1 is 1.29 bits per heavy atom. The zero-order valence-corrected chi connectivity index (χ0v) is 14.0.